The summed E-state index contributed by atoms with van der Waals surface area (Å²) >= 11 is 7.32. The number of nitrogens with zero attached hydrogens (tertiary/aromatic N) is 3. The van der Waals surface area contributed by atoms with Crippen LogP contribution in [0.25, 0.3) is 16.6 Å². The van der Waals surface area contributed by atoms with Crippen LogP contribution in [0, 0.1) is 0 Å². The summed E-state index contributed by atoms with van der Waals surface area (Å²) in [6, 6.07) is 23.8. The van der Waals surface area contributed by atoms with Gasteiger partial charge < -0.3 is 4.90 Å². The number of fused-ring (bicyclic) bond motifs is 1. The van der Waals surface area contributed by atoms with E-state index >= 15 is 0 Å². The Morgan fingerprint density at radius 3 is 2.38 bits per heavy atom. The maximum atomic E-state index is 13.4. The molecule has 0 bridgehead atoms. The molecule has 1 atom stereocenters. The third-order valence-electron chi connectivity index (χ3n) is 5.11. The zero-order chi connectivity index (χ0) is 22.7. The Labute approximate surface area is 195 Å². The third-order valence-corrected chi connectivity index (χ3v) is 6.40. The van der Waals surface area contributed by atoms with Gasteiger partial charge in [-0.15, -0.1) is 0 Å². The molecular formula is C25H22ClN3O2S. The van der Waals surface area contributed by atoms with E-state index in [0.717, 1.165) is 5.69 Å². The van der Waals surface area contributed by atoms with Gasteiger partial charge >= 0.3 is 0 Å². The van der Waals surface area contributed by atoms with E-state index in [1.54, 1.807) is 39.8 Å². The molecule has 0 saturated carbocycles. The Bertz CT molecular complexity index is 1310. The Balaban J connectivity index is 1.76. The molecular weight excluding hydrogens is 442 g/mol. The summed E-state index contributed by atoms with van der Waals surface area (Å²) in [5, 5.41) is 1.10. The van der Waals surface area contributed by atoms with Crippen molar-refractivity contribution in [1.29, 1.82) is 0 Å². The van der Waals surface area contributed by atoms with Crippen molar-refractivity contribution >= 4 is 45.9 Å². The normalized spacial score (nSPS) is 12.0. The quantitative estimate of drug-likeness (QED) is 0.277. The fourth-order valence-corrected chi connectivity index (χ4v) is 4.63. The topological polar surface area (TPSA) is 55.2 Å². The maximum Gasteiger partial charge on any atom is 0.266 e. The van der Waals surface area contributed by atoms with Crippen molar-refractivity contribution in [3.8, 4) is 5.69 Å². The van der Waals surface area contributed by atoms with Crippen molar-refractivity contribution in [1.82, 2.24) is 9.55 Å². The molecule has 0 aliphatic rings. The van der Waals surface area contributed by atoms with Gasteiger partial charge in [0, 0.05) is 17.3 Å². The van der Waals surface area contributed by atoms with Crippen LogP contribution in [-0.2, 0) is 4.79 Å². The number of hydrogen-bond donors (Lipinski definition) is 0. The van der Waals surface area contributed by atoms with Gasteiger partial charge in [-0.1, -0.05) is 53.7 Å². The molecule has 0 saturated heterocycles. The lowest BCUT2D eigenvalue weighted by Crippen LogP contribution is -2.37. The van der Waals surface area contributed by atoms with Gasteiger partial charge in [-0.3, -0.25) is 14.2 Å². The van der Waals surface area contributed by atoms with Crippen molar-refractivity contribution < 1.29 is 4.79 Å². The largest absolute Gasteiger partial charge is 0.312 e. The molecule has 7 heteroatoms. The van der Waals surface area contributed by atoms with Gasteiger partial charge in [-0.2, -0.15) is 0 Å². The summed E-state index contributed by atoms with van der Waals surface area (Å²) < 4.78 is 1.55. The van der Waals surface area contributed by atoms with Crippen LogP contribution in [0.2, 0.25) is 5.02 Å². The molecule has 1 heterocycles. The van der Waals surface area contributed by atoms with Crippen LogP contribution in [0.3, 0.4) is 0 Å². The highest BCUT2D eigenvalue weighted by atomic mass is 35.5. The number of carbonyl (C=O) groups excluding carboxylic acids is 1. The van der Waals surface area contributed by atoms with Crippen LogP contribution in [-0.4, -0.2) is 27.3 Å². The van der Waals surface area contributed by atoms with Gasteiger partial charge in [0.25, 0.3) is 5.56 Å². The van der Waals surface area contributed by atoms with Gasteiger partial charge in [0.2, 0.25) is 5.91 Å². The predicted molar refractivity (Wildman–Crippen MR) is 132 cm³/mol. The molecule has 32 heavy (non-hydrogen) atoms. The molecule has 162 valence electrons. The summed E-state index contributed by atoms with van der Waals surface area (Å²) in [6.07, 6.45) is 0. The van der Waals surface area contributed by atoms with E-state index in [-0.39, 0.29) is 11.5 Å². The number of rotatable bonds is 6. The average molecular weight is 464 g/mol. The van der Waals surface area contributed by atoms with E-state index in [0.29, 0.717) is 33.3 Å². The zero-order valence-electron chi connectivity index (χ0n) is 17.7. The monoisotopic (exact) mass is 463 g/mol. The molecule has 4 aromatic rings. The Kier molecular flexibility index (Phi) is 6.63. The molecule has 0 fully saturated rings. The standard InChI is InChI=1S/C25H22ClN3O2S/c1-3-28(19-9-5-4-6-10-19)23(30)17(2)32-25-27-22-12-8-7-11-21(22)24(31)29(25)20-15-13-18(26)14-16-20/h4-17H,3H2,1-2H3/t17-/m0/s1. The van der Waals surface area contributed by atoms with Gasteiger partial charge in [0.05, 0.1) is 21.8 Å². The first-order valence-corrected chi connectivity index (χ1v) is 11.6. The Morgan fingerprint density at radius 2 is 1.69 bits per heavy atom. The number of carbonyl (C=O) groups is 1. The fraction of sp³-hybridized carbons (Fsp3) is 0.160. The van der Waals surface area contributed by atoms with Gasteiger partial charge in [-0.05, 0) is 62.4 Å². The first-order chi connectivity index (χ1) is 15.5. The molecule has 0 aliphatic carbocycles. The van der Waals surface area contributed by atoms with Crippen molar-refractivity contribution in [3.05, 3.63) is 94.2 Å². The molecule has 1 amide bonds. The summed E-state index contributed by atoms with van der Waals surface area (Å²) in [5.41, 5.74) is 1.90. The molecule has 0 unspecified atom stereocenters. The molecule has 5 nitrogen and oxygen atoms in total. The molecule has 4 rings (SSSR count). The molecule has 0 aliphatic heterocycles. The Hall–Kier alpha value is -3.09. The second kappa shape index (κ2) is 9.59. The summed E-state index contributed by atoms with van der Waals surface area (Å²) in [7, 11) is 0. The van der Waals surface area contributed by atoms with Crippen molar-refractivity contribution in [2.24, 2.45) is 0 Å². The molecule has 3 aromatic carbocycles. The smallest absolute Gasteiger partial charge is 0.266 e. The van der Waals surface area contributed by atoms with E-state index in [2.05, 4.69) is 0 Å². The van der Waals surface area contributed by atoms with E-state index < -0.39 is 5.25 Å². The number of thioether (sulfide) groups is 1. The minimum atomic E-state index is -0.457. The molecule has 0 spiro atoms. The van der Waals surface area contributed by atoms with E-state index in [1.165, 1.54) is 11.8 Å². The highest BCUT2D eigenvalue weighted by Crippen LogP contribution is 2.28. The second-order valence-corrected chi connectivity index (χ2v) is 8.95. The van der Waals surface area contributed by atoms with Crippen molar-refractivity contribution in [2.75, 3.05) is 11.4 Å². The fourth-order valence-electron chi connectivity index (χ4n) is 3.51. The highest BCUT2D eigenvalue weighted by molar-refractivity contribution is 8.00. The lowest BCUT2D eigenvalue weighted by atomic mass is 10.2. The van der Waals surface area contributed by atoms with Crippen molar-refractivity contribution in [3.63, 3.8) is 0 Å². The van der Waals surface area contributed by atoms with Gasteiger partial charge in [0.15, 0.2) is 5.16 Å². The Morgan fingerprint density at radius 1 is 1.03 bits per heavy atom. The first-order valence-electron chi connectivity index (χ1n) is 10.3. The van der Waals surface area contributed by atoms with Crippen LogP contribution in [0.4, 0.5) is 5.69 Å². The SMILES string of the molecule is CCN(C(=O)[C@H](C)Sc1nc2ccccc2c(=O)n1-c1ccc(Cl)cc1)c1ccccc1. The van der Waals surface area contributed by atoms with Gasteiger partial charge in [0.1, 0.15) is 0 Å². The third kappa shape index (κ3) is 4.42. The molecule has 0 N–H and O–H groups in total. The number of amides is 1. The second-order valence-electron chi connectivity index (χ2n) is 7.21. The number of aromatic nitrogens is 2. The molecule has 0 radical (unpaired) electrons. The maximum absolute atomic E-state index is 13.4. The lowest BCUT2D eigenvalue weighted by molar-refractivity contribution is -0.117. The highest BCUT2D eigenvalue weighted by Gasteiger charge is 2.24. The number of para-hydroxylation sites is 2. The van der Waals surface area contributed by atoms with Crippen molar-refractivity contribution in [2.45, 2.75) is 24.3 Å². The van der Waals surface area contributed by atoms with E-state index in [1.807, 2.05) is 62.4 Å². The van der Waals surface area contributed by atoms with E-state index in [9.17, 15) is 9.59 Å². The minimum Gasteiger partial charge on any atom is -0.312 e. The minimum absolute atomic E-state index is 0.0474. The lowest BCUT2D eigenvalue weighted by Gasteiger charge is -2.24. The van der Waals surface area contributed by atoms with Crippen LogP contribution < -0.4 is 10.5 Å². The average Bonchev–Trinajstić information content (AvgIpc) is 2.81. The zero-order valence-corrected chi connectivity index (χ0v) is 19.3. The number of anilines is 1. The summed E-state index contributed by atoms with van der Waals surface area (Å²) in [6.45, 7) is 4.33. The first kappa shape index (κ1) is 22.1. The predicted octanol–water partition coefficient (Wildman–Crippen LogP) is 5.57. The molecule has 1 aromatic heterocycles. The van der Waals surface area contributed by atoms with Gasteiger partial charge in [-0.25, -0.2) is 4.98 Å². The number of hydrogen-bond acceptors (Lipinski definition) is 4. The van der Waals surface area contributed by atoms with Crippen LogP contribution in [0.15, 0.2) is 88.8 Å². The summed E-state index contributed by atoms with van der Waals surface area (Å²) in [5.74, 6) is -0.0474. The number of halogens is 1. The van der Waals surface area contributed by atoms with Crippen LogP contribution >= 0.6 is 23.4 Å². The van der Waals surface area contributed by atoms with Crippen LogP contribution in [0.1, 0.15) is 13.8 Å². The van der Waals surface area contributed by atoms with Crippen LogP contribution in [0.5, 0.6) is 0 Å². The van der Waals surface area contributed by atoms with E-state index in [4.69, 9.17) is 16.6 Å². The summed E-state index contributed by atoms with van der Waals surface area (Å²) in [4.78, 5) is 33.1. The number of benzene rings is 3.